The van der Waals surface area contributed by atoms with Gasteiger partial charge in [-0.25, -0.2) is 0 Å². The number of benzene rings is 2. The summed E-state index contributed by atoms with van der Waals surface area (Å²) in [5.74, 6) is -1.39. The molecule has 0 bridgehead atoms. The predicted octanol–water partition coefficient (Wildman–Crippen LogP) is 1.95. The molecule has 3 N–H and O–H groups in total. The van der Waals surface area contributed by atoms with Gasteiger partial charge >= 0.3 is 0 Å². The minimum Gasteiger partial charge on any atom is -0.395 e. The van der Waals surface area contributed by atoms with Crippen LogP contribution in [-0.2, 0) is 26.5 Å². The van der Waals surface area contributed by atoms with E-state index in [1.165, 1.54) is 4.90 Å². The molecule has 2 aliphatic heterocycles. The minimum atomic E-state index is -1.88. The molecule has 1 saturated heterocycles. The molecule has 1 fully saturated rings. The van der Waals surface area contributed by atoms with Crippen molar-refractivity contribution in [3.8, 4) is 0 Å². The van der Waals surface area contributed by atoms with Gasteiger partial charge in [-0.1, -0.05) is 55.5 Å². The first-order valence-corrected chi connectivity index (χ1v) is 13.2. The number of carbonyl (C=O) groups is 3. The van der Waals surface area contributed by atoms with Gasteiger partial charge in [0.25, 0.3) is 5.91 Å². The van der Waals surface area contributed by atoms with E-state index in [-0.39, 0.29) is 44.5 Å². The van der Waals surface area contributed by atoms with Crippen molar-refractivity contribution in [3.05, 3.63) is 84.5 Å². The van der Waals surface area contributed by atoms with Gasteiger partial charge in [0.1, 0.15) is 0 Å². The number of aliphatic hydroxyl groups excluding tert-OH is 1. The van der Waals surface area contributed by atoms with Crippen LogP contribution in [0.25, 0.3) is 0 Å². The van der Waals surface area contributed by atoms with Crippen molar-refractivity contribution >= 4 is 29.1 Å². The van der Waals surface area contributed by atoms with Gasteiger partial charge in [-0.3, -0.25) is 14.4 Å². The number of aliphatic hydroxyl groups is 2. The molecule has 2 atom stereocenters. The molecule has 0 saturated carbocycles. The smallest absolute Gasteiger partial charge is 0.264 e. The van der Waals surface area contributed by atoms with Crippen LogP contribution in [0, 0.1) is 5.92 Å². The van der Waals surface area contributed by atoms with Crippen LogP contribution < -0.4 is 15.1 Å². The van der Waals surface area contributed by atoms with Crippen molar-refractivity contribution in [1.29, 1.82) is 0 Å². The third kappa shape index (κ3) is 5.80. The lowest BCUT2D eigenvalue weighted by atomic mass is 9.82. The van der Waals surface area contributed by atoms with E-state index in [9.17, 15) is 24.6 Å². The monoisotopic (exact) mass is 532 g/mol. The Bertz CT molecular complexity index is 1250. The normalized spacial score (nSPS) is 19.9. The largest absolute Gasteiger partial charge is 0.395 e. The van der Waals surface area contributed by atoms with Crippen molar-refractivity contribution in [2.24, 2.45) is 5.92 Å². The Balaban J connectivity index is 1.56. The van der Waals surface area contributed by atoms with Crippen molar-refractivity contribution < 1.29 is 24.6 Å². The molecule has 0 unspecified atom stereocenters. The minimum absolute atomic E-state index is 0.0555. The van der Waals surface area contributed by atoms with E-state index < -0.39 is 17.4 Å². The molecule has 9 heteroatoms. The van der Waals surface area contributed by atoms with E-state index >= 15 is 0 Å². The third-order valence-electron chi connectivity index (χ3n) is 7.28. The number of carbonyl (C=O) groups excluding carboxylic acids is 3. The lowest BCUT2D eigenvalue weighted by molar-refractivity contribution is -0.139. The Kier molecular flexibility index (Phi) is 8.96. The molecular formula is C30H36N4O5. The van der Waals surface area contributed by atoms with E-state index in [0.717, 1.165) is 5.56 Å². The van der Waals surface area contributed by atoms with Crippen LogP contribution in [0.4, 0.5) is 11.4 Å². The number of rotatable bonds is 11. The first-order valence-electron chi connectivity index (χ1n) is 13.2. The zero-order chi connectivity index (χ0) is 28.0. The number of fused-ring (bicyclic) bond motifs is 1. The van der Waals surface area contributed by atoms with Gasteiger partial charge in [0.05, 0.1) is 18.8 Å². The van der Waals surface area contributed by atoms with Crippen LogP contribution in [0.1, 0.15) is 24.5 Å². The quantitative estimate of drug-likeness (QED) is 0.382. The summed E-state index contributed by atoms with van der Waals surface area (Å²) < 4.78 is 0. The lowest BCUT2D eigenvalue weighted by Crippen LogP contribution is -2.48. The molecule has 206 valence electrons. The second-order valence-electron chi connectivity index (χ2n) is 9.84. The van der Waals surface area contributed by atoms with E-state index in [4.69, 9.17) is 0 Å². The molecule has 3 amide bonds. The zero-order valence-electron chi connectivity index (χ0n) is 22.3. The van der Waals surface area contributed by atoms with Gasteiger partial charge in [-0.2, -0.15) is 0 Å². The number of nitrogens with one attached hydrogen (secondary N) is 1. The Morgan fingerprint density at radius 3 is 2.69 bits per heavy atom. The van der Waals surface area contributed by atoms with Gasteiger partial charge in [0.2, 0.25) is 11.8 Å². The fourth-order valence-electron chi connectivity index (χ4n) is 5.15. The SMILES string of the molecule is C=CCN1C(=O)[C@](O)([C@H](C)/C=C/CC(=O)N(CCO)Cc2ccccc2)c2cc(N3CCNCC3=O)ccc21. The average Bonchev–Trinajstić information content (AvgIpc) is 3.16. The van der Waals surface area contributed by atoms with Crippen molar-refractivity contribution in [1.82, 2.24) is 10.2 Å². The highest BCUT2D eigenvalue weighted by atomic mass is 16.3. The standard InChI is InChI=1S/C30H36N4O5/c1-3-15-34-26-13-12-24(33-16-14-31-20-28(33)37)19-25(26)30(39,29(34)38)22(2)8-7-11-27(36)32(17-18-35)21-23-9-5-4-6-10-23/h3-10,12-13,19,22,31,35,39H,1,11,14-18,20-21H2,2H3/b8-7+/t22-,30+/m1/s1. The van der Waals surface area contributed by atoms with Gasteiger partial charge in [0.15, 0.2) is 5.60 Å². The number of hydrogen-bond acceptors (Lipinski definition) is 6. The summed E-state index contributed by atoms with van der Waals surface area (Å²) in [4.78, 5) is 43.7. The number of amides is 3. The molecule has 4 rings (SSSR count). The summed E-state index contributed by atoms with van der Waals surface area (Å²) in [6, 6.07) is 14.8. The summed E-state index contributed by atoms with van der Waals surface area (Å²) in [7, 11) is 0. The third-order valence-corrected chi connectivity index (χ3v) is 7.28. The maximum Gasteiger partial charge on any atom is 0.264 e. The number of hydrogen-bond donors (Lipinski definition) is 3. The fourth-order valence-corrected chi connectivity index (χ4v) is 5.15. The maximum atomic E-state index is 13.6. The molecule has 2 aromatic rings. The van der Waals surface area contributed by atoms with E-state index in [1.54, 1.807) is 53.2 Å². The molecule has 9 nitrogen and oxygen atoms in total. The van der Waals surface area contributed by atoms with E-state index in [0.29, 0.717) is 36.6 Å². The maximum absolute atomic E-state index is 13.6. The number of piperazine rings is 1. The van der Waals surface area contributed by atoms with Crippen LogP contribution in [-0.4, -0.2) is 72.2 Å². The molecule has 2 aliphatic rings. The van der Waals surface area contributed by atoms with Gasteiger partial charge in [-0.05, 0) is 23.8 Å². The van der Waals surface area contributed by atoms with Crippen LogP contribution in [0.5, 0.6) is 0 Å². The van der Waals surface area contributed by atoms with Gasteiger partial charge in [0, 0.05) is 56.3 Å². The molecule has 0 aromatic heterocycles. The van der Waals surface area contributed by atoms with E-state index in [2.05, 4.69) is 11.9 Å². The van der Waals surface area contributed by atoms with Crippen LogP contribution in [0.3, 0.4) is 0 Å². The van der Waals surface area contributed by atoms with E-state index in [1.807, 2.05) is 30.3 Å². The number of anilines is 2. The molecule has 39 heavy (non-hydrogen) atoms. The zero-order valence-corrected chi connectivity index (χ0v) is 22.3. The summed E-state index contributed by atoms with van der Waals surface area (Å²) in [6.07, 6.45) is 5.00. The summed E-state index contributed by atoms with van der Waals surface area (Å²) in [5, 5.41) is 24.4. The Morgan fingerprint density at radius 1 is 1.23 bits per heavy atom. The number of nitrogens with zero attached hydrogens (tertiary/aromatic N) is 3. The summed E-state index contributed by atoms with van der Waals surface area (Å²) in [5.41, 5.74) is 0.702. The second kappa shape index (κ2) is 12.4. The Labute approximate surface area is 229 Å². The lowest BCUT2D eigenvalue weighted by Gasteiger charge is -2.30. The average molecular weight is 533 g/mol. The fraction of sp³-hybridized carbons (Fsp3) is 0.367. The molecule has 2 aromatic carbocycles. The summed E-state index contributed by atoms with van der Waals surface area (Å²) in [6.45, 7) is 7.51. The van der Waals surface area contributed by atoms with Crippen LogP contribution in [0.15, 0.2) is 73.3 Å². The molecule has 0 spiro atoms. The molecule has 0 aliphatic carbocycles. The van der Waals surface area contributed by atoms with Crippen LogP contribution >= 0.6 is 0 Å². The topological polar surface area (TPSA) is 113 Å². The second-order valence-corrected chi connectivity index (χ2v) is 9.84. The molecular weight excluding hydrogens is 496 g/mol. The first-order chi connectivity index (χ1) is 18.8. The summed E-state index contributed by atoms with van der Waals surface area (Å²) >= 11 is 0. The van der Waals surface area contributed by atoms with Crippen molar-refractivity contribution in [3.63, 3.8) is 0 Å². The first kappa shape index (κ1) is 28.2. The molecule has 2 heterocycles. The van der Waals surface area contributed by atoms with Gasteiger partial charge in [-0.15, -0.1) is 6.58 Å². The van der Waals surface area contributed by atoms with Crippen LogP contribution in [0.2, 0.25) is 0 Å². The van der Waals surface area contributed by atoms with Crippen molar-refractivity contribution in [2.75, 3.05) is 49.1 Å². The van der Waals surface area contributed by atoms with Gasteiger partial charge < -0.3 is 30.2 Å². The van der Waals surface area contributed by atoms with Crippen molar-refractivity contribution in [2.45, 2.75) is 25.5 Å². The highest BCUT2D eigenvalue weighted by molar-refractivity contribution is 6.08. The Morgan fingerprint density at radius 2 is 2.00 bits per heavy atom. The predicted molar refractivity (Wildman–Crippen MR) is 150 cm³/mol. The highest BCUT2D eigenvalue weighted by Crippen LogP contribution is 2.46. The highest BCUT2D eigenvalue weighted by Gasteiger charge is 2.52. The Hall–Kier alpha value is -3.79. The molecule has 0 radical (unpaired) electrons.